The Morgan fingerprint density at radius 1 is 1.60 bits per heavy atom. The summed E-state index contributed by atoms with van der Waals surface area (Å²) < 4.78 is 5.29. The first-order chi connectivity index (χ1) is 6.95. The fourth-order valence-electron chi connectivity index (χ4n) is 1.20. The molecule has 0 saturated carbocycles. The Bertz CT molecular complexity index is 353. The molecule has 0 fully saturated rings. The maximum absolute atomic E-state index is 9.79. The highest BCUT2D eigenvalue weighted by molar-refractivity contribution is 5.57. The van der Waals surface area contributed by atoms with Crippen LogP contribution in [-0.4, -0.2) is 16.7 Å². The second-order valence-electron chi connectivity index (χ2n) is 3.84. The Morgan fingerprint density at radius 3 is 2.80 bits per heavy atom. The standard InChI is InChI=1S/C12H17NO2/c1-5-15-9(2)10-6-7-13-11(8-10)12(3,4)14/h6-8,14H,2,5H2,1,3-4H3. The van der Waals surface area contributed by atoms with Crippen LogP contribution < -0.4 is 0 Å². The Balaban J connectivity index is 2.98. The lowest BCUT2D eigenvalue weighted by molar-refractivity contribution is 0.0738. The third-order valence-electron chi connectivity index (χ3n) is 2.03. The molecule has 82 valence electrons. The van der Waals surface area contributed by atoms with Gasteiger partial charge in [-0.25, -0.2) is 0 Å². The molecule has 0 amide bonds. The predicted octanol–water partition coefficient (Wildman–Crippen LogP) is 2.32. The molecule has 1 aromatic rings. The molecule has 0 atom stereocenters. The Labute approximate surface area is 90.4 Å². The van der Waals surface area contributed by atoms with Gasteiger partial charge in [-0.1, -0.05) is 6.58 Å². The van der Waals surface area contributed by atoms with Crippen LogP contribution in [0.25, 0.3) is 5.76 Å². The lowest BCUT2D eigenvalue weighted by Gasteiger charge is -2.17. The van der Waals surface area contributed by atoms with E-state index in [-0.39, 0.29) is 0 Å². The highest BCUT2D eigenvalue weighted by atomic mass is 16.5. The van der Waals surface area contributed by atoms with Crippen LogP contribution in [-0.2, 0) is 10.3 Å². The molecular weight excluding hydrogens is 190 g/mol. The molecule has 0 saturated heterocycles. The van der Waals surface area contributed by atoms with Crippen LogP contribution in [0, 0.1) is 0 Å². The van der Waals surface area contributed by atoms with Crippen LogP contribution in [0.2, 0.25) is 0 Å². The highest BCUT2D eigenvalue weighted by Crippen LogP contribution is 2.21. The minimum Gasteiger partial charge on any atom is -0.494 e. The summed E-state index contributed by atoms with van der Waals surface area (Å²) in [5.41, 5.74) is 0.521. The number of aromatic nitrogens is 1. The van der Waals surface area contributed by atoms with E-state index in [0.717, 1.165) is 5.56 Å². The van der Waals surface area contributed by atoms with Crippen LogP contribution in [0.1, 0.15) is 32.0 Å². The zero-order valence-electron chi connectivity index (χ0n) is 9.45. The first kappa shape index (κ1) is 11.7. The summed E-state index contributed by atoms with van der Waals surface area (Å²) >= 11 is 0. The number of hydrogen-bond acceptors (Lipinski definition) is 3. The number of rotatable bonds is 4. The van der Waals surface area contributed by atoms with Gasteiger partial charge in [0.2, 0.25) is 0 Å². The maximum atomic E-state index is 9.79. The monoisotopic (exact) mass is 207 g/mol. The summed E-state index contributed by atoms with van der Waals surface area (Å²) in [7, 11) is 0. The van der Waals surface area contributed by atoms with Gasteiger partial charge in [-0.2, -0.15) is 0 Å². The number of nitrogens with zero attached hydrogens (tertiary/aromatic N) is 1. The van der Waals surface area contributed by atoms with E-state index in [0.29, 0.717) is 18.1 Å². The molecule has 1 N–H and O–H groups in total. The van der Waals surface area contributed by atoms with E-state index in [9.17, 15) is 5.11 Å². The average Bonchev–Trinajstić information content (AvgIpc) is 2.17. The van der Waals surface area contributed by atoms with Crippen molar-refractivity contribution in [1.29, 1.82) is 0 Å². The molecular formula is C12H17NO2. The molecule has 0 radical (unpaired) electrons. The highest BCUT2D eigenvalue weighted by Gasteiger charge is 2.18. The molecule has 0 aliphatic carbocycles. The van der Waals surface area contributed by atoms with E-state index in [1.807, 2.05) is 13.0 Å². The van der Waals surface area contributed by atoms with Crippen LogP contribution in [0.4, 0.5) is 0 Å². The molecule has 0 aromatic carbocycles. The van der Waals surface area contributed by atoms with E-state index >= 15 is 0 Å². The second kappa shape index (κ2) is 4.45. The van der Waals surface area contributed by atoms with E-state index in [1.165, 1.54) is 0 Å². The predicted molar refractivity (Wildman–Crippen MR) is 60.1 cm³/mol. The van der Waals surface area contributed by atoms with Crippen LogP contribution >= 0.6 is 0 Å². The van der Waals surface area contributed by atoms with Crippen LogP contribution in [0.3, 0.4) is 0 Å². The van der Waals surface area contributed by atoms with Gasteiger partial charge in [-0.05, 0) is 32.9 Å². The Hall–Kier alpha value is -1.35. The first-order valence-electron chi connectivity index (χ1n) is 4.96. The zero-order valence-corrected chi connectivity index (χ0v) is 9.45. The minimum absolute atomic E-state index is 0.582. The van der Waals surface area contributed by atoms with Crippen molar-refractivity contribution in [2.24, 2.45) is 0 Å². The molecule has 0 spiro atoms. The van der Waals surface area contributed by atoms with Crippen molar-refractivity contribution in [2.75, 3.05) is 6.61 Å². The van der Waals surface area contributed by atoms with Gasteiger partial charge < -0.3 is 9.84 Å². The zero-order chi connectivity index (χ0) is 11.5. The first-order valence-corrected chi connectivity index (χ1v) is 4.96. The SMILES string of the molecule is C=C(OCC)c1ccnc(C(C)(C)O)c1. The van der Waals surface area contributed by atoms with E-state index in [2.05, 4.69) is 11.6 Å². The van der Waals surface area contributed by atoms with Crippen molar-refractivity contribution in [3.8, 4) is 0 Å². The third-order valence-corrected chi connectivity index (χ3v) is 2.03. The van der Waals surface area contributed by atoms with Crippen molar-refractivity contribution in [3.05, 3.63) is 36.2 Å². The molecule has 0 unspecified atom stereocenters. The summed E-state index contributed by atoms with van der Waals surface area (Å²) in [6.45, 7) is 9.69. The van der Waals surface area contributed by atoms with Gasteiger partial charge in [0.25, 0.3) is 0 Å². The molecule has 1 heterocycles. The number of hydrogen-bond donors (Lipinski definition) is 1. The number of ether oxygens (including phenoxy) is 1. The molecule has 0 aliphatic rings. The molecule has 15 heavy (non-hydrogen) atoms. The van der Waals surface area contributed by atoms with Gasteiger partial charge in [0, 0.05) is 11.8 Å². The molecule has 0 aliphatic heterocycles. The maximum Gasteiger partial charge on any atom is 0.119 e. The van der Waals surface area contributed by atoms with Gasteiger partial charge in [-0.3, -0.25) is 4.98 Å². The number of pyridine rings is 1. The van der Waals surface area contributed by atoms with Gasteiger partial charge in [0.1, 0.15) is 11.4 Å². The van der Waals surface area contributed by atoms with Crippen molar-refractivity contribution >= 4 is 5.76 Å². The Kier molecular flexibility index (Phi) is 3.48. The van der Waals surface area contributed by atoms with Gasteiger partial charge in [0.05, 0.1) is 12.3 Å². The van der Waals surface area contributed by atoms with Crippen molar-refractivity contribution < 1.29 is 9.84 Å². The summed E-state index contributed by atoms with van der Waals surface area (Å²) in [6.07, 6.45) is 1.65. The topological polar surface area (TPSA) is 42.4 Å². The normalized spacial score (nSPS) is 11.2. The Morgan fingerprint density at radius 2 is 2.27 bits per heavy atom. The molecule has 1 rings (SSSR count). The van der Waals surface area contributed by atoms with Crippen LogP contribution in [0.15, 0.2) is 24.9 Å². The summed E-state index contributed by atoms with van der Waals surface area (Å²) in [6, 6.07) is 3.60. The minimum atomic E-state index is -0.942. The van der Waals surface area contributed by atoms with Crippen LogP contribution in [0.5, 0.6) is 0 Å². The van der Waals surface area contributed by atoms with E-state index in [1.54, 1.807) is 26.1 Å². The molecule has 3 nitrogen and oxygen atoms in total. The van der Waals surface area contributed by atoms with Crippen molar-refractivity contribution in [3.63, 3.8) is 0 Å². The quantitative estimate of drug-likeness (QED) is 0.770. The lowest BCUT2D eigenvalue weighted by atomic mass is 10.0. The average molecular weight is 207 g/mol. The summed E-state index contributed by atoms with van der Waals surface area (Å²) in [5.74, 6) is 0.602. The van der Waals surface area contributed by atoms with Gasteiger partial charge >= 0.3 is 0 Å². The molecule has 0 bridgehead atoms. The van der Waals surface area contributed by atoms with E-state index in [4.69, 9.17) is 4.74 Å². The van der Waals surface area contributed by atoms with Crippen molar-refractivity contribution in [1.82, 2.24) is 4.98 Å². The summed E-state index contributed by atoms with van der Waals surface area (Å²) in [4.78, 5) is 4.11. The largest absolute Gasteiger partial charge is 0.494 e. The number of aliphatic hydroxyl groups is 1. The van der Waals surface area contributed by atoms with E-state index < -0.39 is 5.60 Å². The third kappa shape index (κ3) is 3.06. The smallest absolute Gasteiger partial charge is 0.119 e. The molecule has 1 aromatic heterocycles. The summed E-state index contributed by atoms with van der Waals surface area (Å²) in [5, 5.41) is 9.79. The van der Waals surface area contributed by atoms with Gasteiger partial charge in [-0.15, -0.1) is 0 Å². The second-order valence-corrected chi connectivity index (χ2v) is 3.84. The fraction of sp³-hybridized carbons (Fsp3) is 0.417. The lowest BCUT2D eigenvalue weighted by Crippen LogP contribution is -2.17. The van der Waals surface area contributed by atoms with Gasteiger partial charge in [0.15, 0.2) is 0 Å². The van der Waals surface area contributed by atoms with Crippen molar-refractivity contribution in [2.45, 2.75) is 26.4 Å². The molecule has 3 heteroatoms. The fourth-order valence-corrected chi connectivity index (χ4v) is 1.20.